The van der Waals surface area contributed by atoms with Crippen LogP contribution in [0, 0.1) is 11.3 Å². The standard InChI is InChI=1S/C14H15N3O4/c1-16(11-5-3-2-4-9(11)7-15)14(21)17-8-10(18)6-12(17)13(19)20/h2-5,10,12,18H,6,8H2,1H3,(H,19,20)/t10-,12-/m1/s1. The summed E-state index contributed by atoms with van der Waals surface area (Å²) >= 11 is 0. The van der Waals surface area contributed by atoms with Crippen molar-refractivity contribution in [3.8, 4) is 6.07 Å². The fourth-order valence-electron chi connectivity index (χ4n) is 2.42. The molecule has 110 valence electrons. The van der Waals surface area contributed by atoms with E-state index in [4.69, 9.17) is 10.4 Å². The lowest BCUT2D eigenvalue weighted by Gasteiger charge is -2.27. The monoisotopic (exact) mass is 289 g/mol. The number of benzene rings is 1. The van der Waals surface area contributed by atoms with Crippen LogP contribution in [0.3, 0.4) is 0 Å². The van der Waals surface area contributed by atoms with Gasteiger partial charge in [-0.25, -0.2) is 9.59 Å². The Morgan fingerprint density at radius 1 is 1.43 bits per heavy atom. The van der Waals surface area contributed by atoms with Crippen LogP contribution in [0.1, 0.15) is 12.0 Å². The second-order valence-corrected chi connectivity index (χ2v) is 4.87. The maximum absolute atomic E-state index is 12.4. The van der Waals surface area contributed by atoms with Crippen molar-refractivity contribution in [2.24, 2.45) is 0 Å². The number of anilines is 1. The fraction of sp³-hybridized carbons (Fsp3) is 0.357. The molecule has 0 saturated carbocycles. The van der Waals surface area contributed by atoms with Gasteiger partial charge in [0.1, 0.15) is 12.1 Å². The minimum Gasteiger partial charge on any atom is -0.480 e. The molecule has 1 aliphatic rings. The number of carboxylic acid groups (broad SMARTS) is 1. The van der Waals surface area contributed by atoms with Crippen LogP contribution in [0.5, 0.6) is 0 Å². The van der Waals surface area contributed by atoms with E-state index in [-0.39, 0.29) is 13.0 Å². The Hall–Kier alpha value is -2.59. The zero-order chi connectivity index (χ0) is 15.6. The molecule has 1 heterocycles. The summed E-state index contributed by atoms with van der Waals surface area (Å²) < 4.78 is 0. The maximum atomic E-state index is 12.4. The lowest BCUT2D eigenvalue weighted by atomic mass is 10.2. The highest BCUT2D eigenvalue weighted by Gasteiger charge is 2.40. The summed E-state index contributed by atoms with van der Waals surface area (Å²) in [5, 5.41) is 27.8. The molecule has 0 aliphatic carbocycles. The molecule has 1 aliphatic heterocycles. The van der Waals surface area contributed by atoms with Crippen molar-refractivity contribution in [2.45, 2.75) is 18.6 Å². The number of nitriles is 1. The Bertz CT molecular complexity index is 610. The number of aliphatic hydroxyl groups is 1. The predicted molar refractivity (Wildman–Crippen MR) is 73.7 cm³/mol. The number of aliphatic carboxylic acids is 1. The number of carbonyl (C=O) groups is 2. The zero-order valence-electron chi connectivity index (χ0n) is 11.4. The Kier molecular flexibility index (Phi) is 4.10. The number of β-amino-alcohol motifs (C(OH)–C–C–N with tert-alkyl or cyclic N) is 1. The molecule has 2 rings (SSSR count). The number of likely N-dealkylation sites (tertiary alicyclic amines) is 1. The van der Waals surface area contributed by atoms with Gasteiger partial charge in [-0.1, -0.05) is 12.1 Å². The number of urea groups is 1. The summed E-state index contributed by atoms with van der Waals surface area (Å²) in [5.41, 5.74) is 0.718. The van der Waals surface area contributed by atoms with Gasteiger partial charge in [0.25, 0.3) is 0 Å². The lowest BCUT2D eigenvalue weighted by Crippen LogP contribution is -2.47. The van der Waals surface area contributed by atoms with Gasteiger partial charge < -0.3 is 15.1 Å². The van der Waals surface area contributed by atoms with E-state index in [0.717, 1.165) is 4.90 Å². The molecular weight excluding hydrogens is 274 g/mol. The summed E-state index contributed by atoms with van der Waals surface area (Å²) in [4.78, 5) is 26.0. The number of aliphatic hydroxyl groups excluding tert-OH is 1. The third-order valence-electron chi connectivity index (χ3n) is 3.48. The van der Waals surface area contributed by atoms with Gasteiger partial charge in [-0.15, -0.1) is 0 Å². The van der Waals surface area contributed by atoms with E-state index >= 15 is 0 Å². The van der Waals surface area contributed by atoms with Crippen LogP contribution in [0.2, 0.25) is 0 Å². The fourth-order valence-corrected chi connectivity index (χ4v) is 2.42. The number of hydrogen-bond donors (Lipinski definition) is 2. The first kappa shape index (κ1) is 14.8. The van der Waals surface area contributed by atoms with Crippen molar-refractivity contribution < 1.29 is 19.8 Å². The van der Waals surface area contributed by atoms with Crippen molar-refractivity contribution in [1.82, 2.24) is 4.90 Å². The van der Waals surface area contributed by atoms with Crippen molar-refractivity contribution in [1.29, 1.82) is 5.26 Å². The Morgan fingerprint density at radius 2 is 2.10 bits per heavy atom. The predicted octanol–water partition coefficient (Wildman–Crippen LogP) is 0.634. The van der Waals surface area contributed by atoms with E-state index in [2.05, 4.69) is 0 Å². The molecule has 1 fully saturated rings. The molecule has 0 aromatic heterocycles. The molecule has 0 spiro atoms. The molecule has 21 heavy (non-hydrogen) atoms. The van der Waals surface area contributed by atoms with Crippen molar-refractivity contribution >= 4 is 17.7 Å². The molecule has 7 nitrogen and oxygen atoms in total. The first-order valence-corrected chi connectivity index (χ1v) is 6.40. The SMILES string of the molecule is CN(C(=O)N1C[C@H](O)C[C@@H]1C(=O)O)c1ccccc1C#N. The maximum Gasteiger partial charge on any atom is 0.326 e. The van der Waals surface area contributed by atoms with Gasteiger partial charge >= 0.3 is 12.0 Å². The molecule has 0 bridgehead atoms. The van der Waals surface area contributed by atoms with Crippen LogP contribution < -0.4 is 4.90 Å². The van der Waals surface area contributed by atoms with E-state index in [1.54, 1.807) is 24.3 Å². The summed E-state index contributed by atoms with van der Waals surface area (Å²) in [7, 11) is 1.47. The molecule has 7 heteroatoms. The van der Waals surface area contributed by atoms with Crippen LogP contribution in [0.25, 0.3) is 0 Å². The minimum atomic E-state index is -1.15. The summed E-state index contributed by atoms with van der Waals surface area (Å²) in [6, 6.07) is 6.94. The van der Waals surface area contributed by atoms with Crippen LogP contribution in [0.4, 0.5) is 10.5 Å². The molecule has 2 N–H and O–H groups in total. The van der Waals surface area contributed by atoms with E-state index < -0.39 is 24.1 Å². The van der Waals surface area contributed by atoms with Gasteiger partial charge in [-0.2, -0.15) is 5.26 Å². The lowest BCUT2D eigenvalue weighted by molar-refractivity contribution is -0.141. The number of nitrogens with zero attached hydrogens (tertiary/aromatic N) is 3. The molecule has 1 saturated heterocycles. The average Bonchev–Trinajstić information content (AvgIpc) is 2.88. The number of carboxylic acids is 1. The number of hydrogen-bond acceptors (Lipinski definition) is 4. The van der Waals surface area contributed by atoms with E-state index in [9.17, 15) is 14.7 Å². The van der Waals surface area contributed by atoms with Crippen LogP contribution in [-0.2, 0) is 4.79 Å². The summed E-state index contributed by atoms with van der Waals surface area (Å²) in [5.74, 6) is -1.15. The zero-order valence-corrected chi connectivity index (χ0v) is 11.4. The topological polar surface area (TPSA) is 105 Å². The molecule has 1 aromatic carbocycles. The van der Waals surface area contributed by atoms with Gasteiger partial charge in [-0.3, -0.25) is 4.90 Å². The Morgan fingerprint density at radius 3 is 2.71 bits per heavy atom. The van der Waals surface area contributed by atoms with Crippen molar-refractivity contribution in [3.05, 3.63) is 29.8 Å². The third-order valence-corrected chi connectivity index (χ3v) is 3.48. The van der Waals surface area contributed by atoms with E-state index in [1.807, 2.05) is 6.07 Å². The molecular formula is C14H15N3O4. The Labute approximate surface area is 121 Å². The van der Waals surface area contributed by atoms with Gasteiger partial charge in [0.15, 0.2) is 0 Å². The first-order valence-electron chi connectivity index (χ1n) is 6.40. The van der Waals surface area contributed by atoms with Gasteiger partial charge in [0, 0.05) is 20.0 Å². The Balaban J connectivity index is 2.27. The van der Waals surface area contributed by atoms with Gasteiger partial charge in [-0.05, 0) is 12.1 Å². The van der Waals surface area contributed by atoms with Crippen LogP contribution >= 0.6 is 0 Å². The highest BCUT2D eigenvalue weighted by molar-refractivity contribution is 5.95. The molecule has 2 amide bonds. The number of amides is 2. The quantitative estimate of drug-likeness (QED) is 0.831. The average molecular weight is 289 g/mol. The molecule has 2 atom stereocenters. The molecule has 1 aromatic rings. The minimum absolute atomic E-state index is 0.00874. The normalized spacial score (nSPS) is 20.9. The first-order chi connectivity index (χ1) is 9.95. The smallest absolute Gasteiger partial charge is 0.326 e. The van der Waals surface area contributed by atoms with Gasteiger partial charge in [0.2, 0.25) is 0 Å². The van der Waals surface area contributed by atoms with Crippen LogP contribution in [0.15, 0.2) is 24.3 Å². The number of carbonyl (C=O) groups excluding carboxylic acids is 1. The summed E-state index contributed by atoms with van der Waals surface area (Å²) in [6.45, 7) is -0.0329. The van der Waals surface area contributed by atoms with Gasteiger partial charge in [0.05, 0.1) is 17.4 Å². The highest BCUT2D eigenvalue weighted by Crippen LogP contribution is 2.24. The van der Waals surface area contributed by atoms with Crippen LogP contribution in [-0.4, -0.2) is 52.9 Å². The number of para-hydroxylation sites is 1. The third kappa shape index (κ3) is 2.80. The van der Waals surface area contributed by atoms with Crippen molar-refractivity contribution in [3.63, 3.8) is 0 Å². The van der Waals surface area contributed by atoms with E-state index in [0.29, 0.717) is 11.3 Å². The second-order valence-electron chi connectivity index (χ2n) is 4.87. The molecule has 0 radical (unpaired) electrons. The molecule has 0 unspecified atom stereocenters. The second kappa shape index (κ2) is 5.81. The summed E-state index contributed by atoms with van der Waals surface area (Å²) in [6.07, 6.45) is -0.843. The number of rotatable bonds is 2. The highest BCUT2D eigenvalue weighted by atomic mass is 16.4. The largest absolute Gasteiger partial charge is 0.480 e. The van der Waals surface area contributed by atoms with E-state index in [1.165, 1.54) is 11.9 Å². The van der Waals surface area contributed by atoms with Crippen molar-refractivity contribution in [2.75, 3.05) is 18.5 Å².